The molecule has 2 rings (SSSR count). The molecule has 2 aromatic rings. The van der Waals surface area contributed by atoms with E-state index in [9.17, 15) is 0 Å². The van der Waals surface area contributed by atoms with E-state index in [0.717, 1.165) is 21.3 Å². The summed E-state index contributed by atoms with van der Waals surface area (Å²) in [4.78, 5) is 0. The van der Waals surface area contributed by atoms with Crippen molar-refractivity contribution in [2.45, 2.75) is 6.04 Å². The number of hydrogen-bond acceptors (Lipinski definition) is 4. The lowest BCUT2D eigenvalue weighted by atomic mass is 9.99. The highest BCUT2D eigenvalue weighted by molar-refractivity contribution is 9.10. The van der Waals surface area contributed by atoms with E-state index in [2.05, 4.69) is 15.9 Å². The molecule has 0 heterocycles. The number of ether oxygens (including phenoxy) is 3. The second kappa shape index (κ2) is 6.83. The lowest BCUT2D eigenvalue weighted by Gasteiger charge is -2.17. The van der Waals surface area contributed by atoms with Gasteiger partial charge >= 0.3 is 0 Å². The molecular formula is C16H18BrNO3. The van der Waals surface area contributed by atoms with Gasteiger partial charge in [0, 0.05) is 4.47 Å². The summed E-state index contributed by atoms with van der Waals surface area (Å²) in [5.41, 5.74) is 8.27. The highest BCUT2D eigenvalue weighted by Gasteiger charge is 2.15. The van der Waals surface area contributed by atoms with Crippen molar-refractivity contribution in [1.82, 2.24) is 0 Å². The van der Waals surface area contributed by atoms with E-state index in [4.69, 9.17) is 19.9 Å². The van der Waals surface area contributed by atoms with Crippen LogP contribution < -0.4 is 19.9 Å². The molecule has 0 amide bonds. The Morgan fingerprint density at radius 1 is 0.905 bits per heavy atom. The van der Waals surface area contributed by atoms with Crippen LogP contribution in [0.3, 0.4) is 0 Å². The number of rotatable bonds is 5. The predicted octanol–water partition coefficient (Wildman–Crippen LogP) is 3.52. The van der Waals surface area contributed by atoms with Crippen LogP contribution in [0.4, 0.5) is 0 Å². The number of benzene rings is 2. The summed E-state index contributed by atoms with van der Waals surface area (Å²) in [5, 5.41) is 0. The molecule has 5 heteroatoms. The summed E-state index contributed by atoms with van der Waals surface area (Å²) in [6.07, 6.45) is 0. The summed E-state index contributed by atoms with van der Waals surface area (Å²) >= 11 is 3.53. The lowest BCUT2D eigenvalue weighted by Crippen LogP contribution is -2.12. The average Bonchev–Trinajstić information content (AvgIpc) is 2.53. The molecule has 0 saturated carbocycles. The highest BCUT2D eigenvalue weighted by atomic mass is 79.9. The average molecular weight is 352 g/mol. The summed E-state index contributed by atoms with van der Waals surface area (Å²) in [6, 6.07) is 11.1. The third kappa shape index (κ3) is 3.31. The van der Waals surface area contributed by atoms with Gasteiger partial charge in [-0.15, -0.1) is 0 Å². The monoisotopic (exact) mass is 351 g/mol. The van der Waals surface area contributed by atoms with Crippen LogP contribution in [-0.4, -0.2) is 21.3 Å². The molecule has 0 radical (unpaired) electrons. The standard InChI is InChI=1S/C16H18BrNO3/c1-19-11-5-6-12(13(17)9-11)16(18)10-4-7-14(20-2)15(8-10)21-3/h4-9,16H,18H2,1-3H3. The van der Waals surface area contributed by atoms with Gasteiger partial charge in [-0.05, 0) is 35.4 Å². The summed E-state index contributed by atoms with van der Waals surface area (Å²) in [7, 11) is 4.85. The molecule has 0 aliphatic rings. The van der Waals surface area contributed by atoms with E-state index < -0.39 is 0 Å². The van der Waals surface area contributed by atoms with Crippen LogP contribution in [0.1, 0.15) is 17.2 Å². The Balaban J connectivity index is 2.37. The highest BCUT2D eigenvalue weighted by Crippen LogP contribution is 2.34. The summed E-state index contributed by atoms with van der Waals surface area (Å²) < 4.78 is 16.7. The van der Waals surface area contributed by atoms with E-state index in [1.165, 1.54) is 0 Å². The van der Waals surface area contributed by atoms with Crippen LogP contribution in [-0.2, 0) is 0 Å². The van der Waals surface area contributed by atoms with Crippen LogP contribution >= 0.6 is 15.9 Å². The molecule has 1 atom stereocenters. The minimum absolute atomic E-state index is 0.273. The molecule has 0 saturated heterocycles. The Morgan fingerprint density at radius 3 is 2.19 bits per heavy atom. The van der Waals surface area contributed by atoms with Crippen molar-refractivity contribution in [3.63, 3.8) is 0 Å². The van der Waals surface area contributed by atoms with E-state index >= 15 is 0 Å². The van der Waals surface area contributed by atoms with Crippen LogP contribution in [0.5, 0.6) is 17.2 Å². The van der Waals surface area contributed by atoms with E-state index in [-0.39, 0.29) is 6.04 Å². The number of hydrogen-bond donors (Lipinski definition) is 1. The molecule has 21 heavy (non-hydrogen) atoms. The maximum Gasteiger partial charge on any atom is 0.161 e. The first kappa shape index (κ1) is 15.7. The Hall–Kier alpha value is -1.72. The van der Waals surface area contributed by atoms with Crippen molar-refractivity contribution >= 4 is 15.9 Å². The molecular weight excluding hydrogens is 334 g/mol. The number of halogens is 1. The molecule has 0 aliphatic heterocycles. The Labute approximate surface area is 132 Å². The molecule has 0 aromatic heterocycles. The van der Waals surface area contributed by atoms with Crippen LogP contribution in [0, 0.1) is 0 Å². The molecule has 4 nitrogen and oxygen atoms in total. The van der Waals surface area contributed by atoms with Gasteiger partial charge in [0.1, 0.15) is 5.75 Å². The molecule has 0 spiro atoms. The maximum atomic E-state index is 6.36. The lowest BCUT2D eigenvalue weighted by molar-refractivity contribution is 0.354. The predicted molar refractivity (Wildman–Crippen MR) is 86.3 cm³/mol. The van der Waals surface area contributed by atoms with E-state index in [0.29, 0.717) is 11.5 Å². The Morgan fingerprint density at radius 2 is 1.62 bits per heavy atom. The quantitative estimate of drug-likeness (QED) is 0.895. The van der Waals surface area contributed by atoms with Gasteiger partial charge in [-0.2, -0.15) is 0 Å². The minimum atomic E-state index is -0.273. The van der Waals surface area contributed by atoms with E-state index in [1.807, 2.05) is 36.4 Å². The smallest absolute Gasteiger partial charge is 0.161 e. The first-order valence-corrected chi connectivity index (χ1v) is 7.21. The maximum absolute atomic E-state index is 6.36. The fourth-order valence-corrected chi connectivity index (χ4v) is 2.72. The topological polar surface area (TPSA) is 53.7 Å². The van der Waals surface area contributed by atoms with Crippen molar-refractivity contribution in [2.24, 2.45) is 5.73 Å². The van der Waals surface area contributed by atoms with Crippen molar-refractivity contribution in [2.75, 3.05) is 21.3 Å². The number of nitrogens with two attached hydrogens (primary N) is 1. The van der Waals surface area contributed by atoms with Crippen LogP contribution in [0.15, 0.2) is 40.9 Å². The fraction of sp³-hybridized carbons (Fsp3) is 0.250. The van der Waals surface area contributed by atoms with Crippen molar-refractivity contribution in [1.29, 1.82) is 0 Å². The summed E-state index contributed by atoms with van der Waals surface area (Å²) in [5.74, 6) is 2.13. The van der Waals surface area contributed by atoms with Crippen molar-refractivity contribution < 1.29 is 14.2 Å². The van der Waals surface area contributed by atoms with Gasteiger partial charge in [-0.1, -0.05) is 28.1 Å². The molecule has 0 bridgehead atoms. The Kier molecular flexibility index (Phi) is 5.09. The third-order valence-corrected chi connectivity index (χ3v) is 4.00. The van der Waals surface area contributed by atoms with Crippen molar-refractivity contribution in [3.05, 3.63) is 52.0 Å². The molecule has 2 N–H and O–H groups in total. The zero-order valence-corrected chi connectivity index (χ0v) is 13.8. The zero-order valence-electron chi connectivity index (χ0n) is 12.2. The summed E-state index contributed by atoms with van der Waals surface area (Å²) in [6.45, 7) is 0. The molecule has 2 aromatic carbocycles. The largest absolute Gasteiger partial charge is 0.497 e. The molecule has 0 aliphatic carbocycles. The van der Waals surface area contributed by atoms with Gasteiger partial charge in [0.05, 0.1) is 27.4 Å². The minimum Gasteiger partial charge on any atom is -0.497 e. The molecule has 112 valence electrons. The van der Waals surface area contributed by atoms with Crippen molar-refractivity contribution in [3.8, 4) is 17.2 Å². The Bertz CT molecular complexity index is 631. The third-order valence-electron chi connectivity index (χ3n) is 3.31. The van der Waals surface area contributed by atoms with Crippen LogP contribution in [0.25, 0.3) is 0 Å². The molecule has 0 fully saturated rings. The first-order valence-electron chi connectivity index (χ1n) is 6.41. The second-order valence-corrected chi connectivity index (χ2v) is 5.33. The van der Waals surface area contributed by atoms with Gasteiger partial charge in [-0.3, -0.25) is 0 Å². The SMILES string of the molecule is COc1ccc(C(N)c2ccc(OC)c(OC)c2)c(Br)c1. The normalized spacial score (nSPS) is 11.9. The number of methoxy groups -OCH3 is 3. The first-order chi connectivity index (χ1) is 10.1. The van der Waals surface area contributed by atoms with Gasteiger partial charge in [0.25, 0.3) is 0 Å². The van der Waals surface area contributed by atoms with Crippen LogP contribution in [0.2, 0.25) is 0 Å². The van der Waals surface area contributed by atoms with Gasteiger partial charge in [0.15, 0.2) is 11.5 Å². The fourth-order valence-electron chi connectivity index (χ4n) is 2.11. The van der Waals surface area contributed by atoms with Gasteiger partial charge in [0.2, 0.25) is 0 Å². The van der Waals surface area contributed by atoms with E-state index in [1.54, 1.807) is 21.3 Å². The zero-order chi connectivity index (χ0) is 15.4. The van der Waals surface area contributed by atoms with Gasteiger partial charge < -0.3 is 19.9 Å². The van der Waals surface area contributed by atoms with Gasteiger partial charge in [-0.25, -0.2) is 0 Å². The second-order valence-electron chi connectivity index (χ2n) is 4.48. The molecule has 1 unspecified atom stereocenters.